The summed E-state index contributed by atoms with van der Waals surface area (Å²) >= 11 is 0. The molecule has 0 aromatic heterocycles. The second-order valence-electron chi connectivity index (χ2n) is 5.89. The summed E-state index contributed by atoms with van der Waals surface area (Å²) in [4.78, 5) is 24.9. The van der Waals surface area contributed by atoms with Crippen molar-refractivity contribution in [2.24, 2.45) is 0 Å². The summed E-state index contributed by atoms with van der Waals surface area (Å²) in [6.45, 7) is 1.33. The molecule has 0 spiro atoms. The zero-order chi connectivity index (χ0) is 16.4. The standard InChI is InChI=1S/C17H22N2O4.ClH/c1-22-14-9-11-5-7-18-13(12(11)10-15(14)23-2)6-8-19-16(20)3-4-17(19)21;/h9-10,13,18H,3-8H2,1-2H3;1H. The van der Waals surface area contributed by atoms with E-state index in [1.54, 1.807) is 14.2 Å². The van der Waals surface area contributed by atoms with Crippen LogP contribution >= 0.6 is 12.4 Å². The van der Waals surface area contributed by atoms with Gasteiger partial charge < -0.3 is 14.8 Å². The minimum Gasteiger partial charge on any atom is -0.493 e. The quantitative estimate of drug-likeness (QED) is 0.817. The molecular formula is C17H23ClN2O4. The molecule has 1 atom stereocenters. The zero-order valence-electron chi connectivity index (χ0n) is 14.0. The molecule has 0 aliphatic carbocycles. The fourth-order valence-corrected chi connectivity index (χ4v) is 3.36. The fourth-order valence-electron chi connectivity index (χ4n) is 3.36. The van der Waals surface area contributed by atoms with Crippen LogP contribution in [0.1, 0.15) is 36.4 Å². The maximum absolute atomic E-state index is 11.7. The lowest BCUT2D eigenvalue weighted by Gasteiger charge is -2.29. The van der Waals surface area contributed by atoms with Gasteiger partial charge in [0.1, 0.15) is 0 Å². The van der Waals surface area contributed by atoms with Gasteiger partial charge >= 0.3 is 0 Å². The molecule has 0 bridgehead atoms. The van der Waals surface area contributed by atoms with Crippen molar-refractivity contribution in [3.63, 3.8) is 0 Å². The van der Waals surface area contributed by atoms with Gasteiger partial charge in [0, 0.05) is 25.4 Å². The summed E-state index contributed by atoms with van der Waals surface area (Å²) < 4.78 is 10.8. The number of rotatable bonds is 5. The van der Waals surface area contributed by atoms with Gasteiger partial charge in [0.15, 0.2) is 11.5 Å². The first kappa shape index (κ1) is 18.5. The molecular weight excluding hydrogens is 332 g/mol. The smallest absolute Gasteiger partial charge is 0.229 e. The molecule has 2 heterocycles. The Labute approximate surface area is 147 Å². The zero-order valence-corrected chi connectivity index (χ0v) is 14.8. The van der Waals surface area contributed by atoms with Crippen molar-refractivity contribution in [1.29, 1.82) is 0 Å². The second kappa shape index (κ2) is 7.85. The lowest BCUT2D eigenvalue weighted by Crippen LogP contribution is -2.35. The molecule has 3 rings (SSSR count). The highest BCUT2D eigenvalue weighted by molar-refractivity contribution is 6.01. The molecule has 1 aromatic rings. The number of carbonyl (C=O) groups is 2. The van der Waals surface area contributed by atoms with Crippen LogP contribution < -0.4 is 14.8 Å². The summed E-state index contributed by atoms with van der Waals surface area (Å²) in [6.07, 6.45) is 2.32. The van der Waals surface area contributed by atoms with Crippen LogP contribution in [0.2, 0.25) is 0 Å². The number of nitrogens with zero attached hydrogens (tertiary/aromatic N) is 1. The first-order chi connectivity index (χ1) is 11.1. The molecule has 0 radical (unpaired) electrons. The molecule has 2 aliphatic rings. The van der Waals surface area contributed by atoms with E-state index in [9.17, 15) is 9.59 Å². The molecule has 1 N–H and O–H groups in total. The Morgan fingerprint density at radius 1 is 1.08 bits per heavy atom. The Balaban J connectivity index is 0.00000208. The fraction of sp³-hybridized carbons (Fsp3) is 0.529. The van der Waals surface area contributed by atoms with Crippen molar-refractivity contribution in [3.8, 4) is 11.5 Å². The highest BCUT2D eigenvalue weighted by atomic mass is 35.5. The highest BCUT2D eigenvalue weighted by Gasteiger charge is 2.30. The number of hydrogen-bond acceptors (Lipinski definition) is 5. The van der Waals surface area contributed by atoms with Crippen molar-refractivity contribution in [3.05, 3.63) is 23.3 Å². The van der Waals surface area contributed by atoms with E-state index < -0.39 is 0 Å². The largest absolute Gasteiger partial charge is 0.493 e. The van der Waals surface area contributed by atoms with Gasteiger partial charge in [-0.15, -0.1) is 12.4 Å². The number of imide groups is 1. The molecule has 2 amide bonds. The Bertz CT molecular complexity index is 619. The first-order valence-corrected chi connectivity index (χ1v) is 7.95. The second-order valence-corrected chi connectivity index (χ2v) is 5.89. The number of hydrogen-bond donors (Lipinski definition) is 1. The third kappa shape index (κ3) is 3.49. The first-order valence-electron chi connectivity index (χ1n) is 7.95. The Kier molecular flexibility index (Phi) is 6.07. The number of likely N-dealkylation sites (tertiary alicyclic amines) is 1. The van der Waals surface area contributed by atoms with Crippen LogP contribution in [0.15, 0.2) is 12.1 Å². The van der Waals surface area contributed by atoms with Crippen molar-refractivity contribution in [2.45, 2.75) is 31.7 Å². The number of methoxy groups -OCH3 is 2. The normalized spacial score (nSPS) is 19.8. The molecule has 1 aromatic carbocycles. The minimum absolute atomic E-state index is 0. The maximum Gasteiger partial charge on any atom is 0.229 e. The average Bonchev–Trinajstić information content (AvgIpc) is 2.89. The van der Waals surface area contributed by atoms with Crippen LogP contribution in [-0.2, 0) is 16.0 Å². The lowest BCUT2D eigenvalue weighted by atomic mass is 9.91. The van der Waals surface area contributed by atoms with Crippen molar-refractivity contribution >= 4 is 24.2 Å². The predicted molar refractivity (Wildman–Crippen MR) is 91.8 cm³/mol. The summed E-state index contributed by atoms with van der Waals surface area (Å²) in [7, 11) is 3.25. The van der Waals surface area contributed by atoms with Gasteiger partial charge in [-0.05, 0) is 42.6 Å². The maximum atomic E-state index is 11.7. The van der Waals surface area contributed by atoms with E-state index in [1.165, 1.54) is 10.5 Å². The molecule has 132 valence electrons. The summed E-state index contributed by atoms with van der Waals surface area (Å²) in [6, 6.07) is 4.13. The topological polar surface area (TPSA) is 67.9 Å². The number of ether oxygens (including phenoxy) is 2. The Hall–Kier alpha value is -1.79. The molecule has 1 fully saturated rings. The van der Waals surface area contributed by atoms with Gasteiger partial charge in [-0.3, -0.25) is 14.5 Å². The third-order valence-electron chi connectivity index (χ3n) is 4.60. The van der Waals surface area contributed by atoms with E-state index in [4.69, 9.17) is 9.47 Å². The van der Waals surface area contributed by atoms with E-state index in [1.807, 2.05) is 12.1 Å². The van der Waals surface area contributed by atoms with Crippen LogP contribution in [0.4, 0.5) is 0 Å². The molecule has 2 aliphatic heterocycles. The number of benzene rings is 1. The number of amides is 2. The average molecular weight is 355 g/mol. The summed E-state index contributed by atoms with van der Waals surface area (Å²) in [5, 5.41) is 3.47. The van der Waals surface area contributed by atoms with Gasteiger partial charge in [-0.1, -0.05) is 0 Å². The monoisotopic (exact) mass is 354 g/mol. The van der Waals surface area contributed by atoms with E-state index in [0.717, 1.165) is 24.3 Å². The van der Waals surface area contributed by atoms with Gasteiger partial charge in [0.05, 0.1) is 14.2 Å². The number of halogens is 1. The molecule has 1 saturated heterocycles. The molecule has 6 nitrogen and oxygen atoms in total. The van der Waals surface area contributed by atoms with Gasteiger partial charge in [-0.25, -0.2) is 0 Å². The number of carbonyl (C=O) groups excluding carboxylic acids is 2. The van der Waals surface area contributed by atoms with Crippen LogP contribution in [0.5, 0.6) is 11.5 Å². The van der Waals surface area contributed by atoms with E-state index in [2.05, 4.69) is 5.32 Å². The lowest BCUT2D eigenvalue weighted by molar-refractivity contribution is -0.138. The third-order valence-corrected chi connectivity index (χ3v) is 4.60. The van der Waals surface area contributed by atoms with Crippen molar-refractivity contribution in [1.82, 2.24) is 10.2 Å². The number of fused-ring (bicyclic) bond motifs is 1. The molecule has 24 heavy (non-hydrogen) atoms. The van der Waals surface area contributed by atoms with Crippen LogP contribution in [-0.4, -0.2) is 44.0 Å². The van der Waals surface area contributed by atoms with Crippen LogP contribution in [0.3, 0.4) is 0 Å². The molecule has 7 heteroatoms. The highest BCUT2D eigenvalue weighted by Crippen LogP contribution is 2.36. The Morgan fingerprint density at radius 3 is 2.33 bits per heavy atom. The van der Waals surface area contributed by atoms with E-state index >= 15 is 0 Å². The summed E-state index contributed by atoms with van der Waals surface area (Å²) in [5.41, 5.74) is 2.39. The summed E-state index contributed by atoms with van der Waals surface area (Å²) in [5.74, 6) is 1.32. The van der Waals surface area contributed by atoms with E-state index in [0.29, 0.717) is 31.6 Å². The van der Waals surface area contributed by atoms with Gasteiger partial charge in [0.2, 0.25) is 11.8 Å². The van der Waals surface area contributed by atoms with Crippen molar-refractivity contribution in [2.75, 3.05) is 27.3 Å². The Morgan fingerprint density at radius 2 is 1.71 bits per heavy atom. The predicted octanol–water partition coefficient (Wildman–Crippen LogP) is 1.85. The number of nitrogens with one attached hydrogen (secondary N) is 1. The van der Waals surface area contributed by atoms with Crippen molar-refractivity contribution < 1.29 is 19.1 Å². The van der Waals surface area contributed by atoms with Gasteiger partial charge in [0.25, 0.3) is 0 Å². The SMILES string of the molecule is COc1cc2c(cc1OC)C(CCN1C(=O)CCC1=O)NCC2.Cl. The van der Waals surface area contributed by atoms with E-state index in [-0.39, 0.29) is 30.3 Å². The molecule has 1 unspecified atom stereocenters. The minimum atomic E-state index is -0.0571. The van der Waals surface area contributed by atoms with Gasteiger partial charge in [-0.2, -0.15) is 0 Å². The van der Waals surface area contributed by atoms with Crippen LogP contribution in [0, 0.1) is 0 Å². The molecule has 0 saturated carbocycles. The van der Waals surface area contributed by atoms with Crippen LogP contribution in [0.25, 0.3) is 0 Å².